The first-order valence-corrected chi connectivity index (χ1v) is 11.8. The first-order valence-electron chi connectivity index (χ1n) is 11.8. The molecular weight excluding hydrogens is 405 g/mol. The second kappa shape index (κ2) is 7.87. The molecule has 0 amide bonds. The van der Waals surface area contributed by atoms with Crippen LogP contribution in [0.15, 0.2) is 6.20 Å². The lowest BCUT2D eigenvalue weighted by Gasteiger charge is -2.45. The van der Waals surface area contributed by atoms with Gasteiger partial charge < -0.3 is 10.1 Å². The smallest absolute Gasteiger partial charge is 0.373 e. The van der Waals surface area contributed by atoms with Gasteiger partial charge in [-0.1, -0.05) is 0 Å². The van der Waals surface area contributed by atoms with Crippen molar-refractivity contribution in [1.82, 2.24) is 14.9 Å². The molecule has 5 aliphatic rings. The SMILES string of the molecule is C[C@@H]1CN(Cc2cnc(NC34CCC5CC(CC(C5)C3)C4)nc2C(F)(F)F)C[C@H](C)O1. The quantitative estimate of drug-likeness (QED) is 0.727. The van der Waals surface area contributed by atoms with E-state index in [9.17, 15) is 13.2 Å². The van der Waals surface area contributed by atoms with Gasteiger partial charge >= 0.3 is 6.18 Å². The molecule has 2 unspecified atom stereocenters. The number of anilines is 1. The van der Waals surface area contributed by atoms with Crippen LogP contribution in [0.4, 0.5) is 19.1 Å². The van der Waals surface area contributed by atoms with Crippen molar-refractivity contribution < 1.29 is 17.9 Å². The lowest BCUT2D eigenvalue weighted by molar-refractivity contribution is -0.142. The Labute approximate surface area is 182 Å². The number of alkyl halides is 3. The van der Waals surface area contributed by atoms with Gasteiger partial charge in [-0.25, -0.2) is 9.97 Å². The second-order valence-corrected chi connectivity index (χ2v) is 10.7. The maximum absolute atomic E-state index is 13.9. The zero-order valence-electron chi connectivity index (χ0n) is 18.4. The number of aromatic nitrogens is 2. The van der Waals surface area contributed by atoms with E-state index in [4.69, 9.17) is 4.74 Å². The number of hydrogen-bond acceptors (Lipinski definition) is 5. The van der Waals surface area contributed by atoms with Gasteiger partial charge in [0, 0.05) is 36.9 Å². The zero-order chi connectivity index (χ0) is 21.8. The largest absolute Gasteiger partial charge is 0.433 e. The van der Waals surface area contributed by atoms with E-state index in [2.05, 4.69) is 15.3 Å². The predicted molar refractivity (Wildman–Crippen MR) is 111 cm³/mol. The molecular formula is C23H33F3N4O. The minimum atomic E-state index is -4.50. The molecule has 0 aromatic carbocycles. The molecule has 5 fully saturated rings. The molecule has 4 aliphatic carbocycles. The summed E-state index contributed by atoms with van der Waals surface area (Å²) in [6.07, 6.45) is 4.98. The average Bonchev–Trinajstić information content (AvgIpc) is 2.85. The highest BCUT2D eigenvalue weighted by molar-refractivity contribution is 5.35. The molecule has 1 N–H and O–H groups in total. The van der Waals surface area contributed by atoms with Crippen molar-refractivity contribution >= 4 is 5.95 Å². The van der Waals surface area contributed by atoms with Gasteiger partial charge in [-0.2, -0.15) is 13.2 Å². The van der Waals surface area contributed by atoms with Crippen LogP contribution in [-0.2, 0) is 17.5 Å². The van der Waals surface area contributed by atoms with Gasteiger partial charge in [0.05, 0.1) is 12.2 Å². The van der Waals surface area contributed by atoms with Crippen LogP contribution in [0, 0.1) is 17.8 Å². The zero-order valence-corrected chi connectivity index (χ0v) is 18.4. The first-order chi connectivity index (χ1) is 14.7. The summed E-state index contributed by atoms with van der Waals surface area (Å²) in [5.41, 5.74) is -0.807. The number of morpholine rings is 1. The normalized spacial score (nSPS) is 38.3. The van der Waals surface area contributed by atoms with Crippen molar-refractivity contribution in [2.45, 2.75) is 89.3 Å². The van der Waals surface area contributed by atoms with Crippen LogP contribution in [0.25, 0.3) is 0 Å². The summed E-state index contributed by atoms with van der Waals surface area (Å²) in [7, 11) is 0. The first kappa shape index (κ1) is 21.4. The molecule has 4 atom stereocenters. The summed E-state index contributed by atoms with van der Waals surface area (Å²) in [4.78, 5) is 10.4. The monoisotopic (exact) mass is 438 g/mol. The summed E-state index contributed by atoms with van der Waals surface area (Å²) < 4.78 is 47.5. The lowest BCUT2D eigenvalue weighted by atomic mass is 9.65. The Balaban J connectivity index is 1.38. The molecule has 2 heterocycles. The molecule has 1 aromatic rings. The number of rotatable bonds is 4. The summed E-state index contributed by atoms with van der Waals surface area (Å²) in [5.74, 6) is 2.32. The van der Waals surface area contributed by atoms with Gasteiger partial charge in [0.25, 0.3) is 0 Å². The Kier molecular flexibility index (Phi) is 5.44. The van der Waals surface area contributed by atoms with E-state index < -0.39 is 11.9 Å². The van der Waals surface area contributed by atoms with Crippen molar-refractivity contribution in [1.29, 1.82) is 0 Å². The molecule has 8 heteroatoms. The van der Waals surface area contributed by atoms with Gasteiger partial charge in [0.2, 0.25) is 5.95 Å². The Morgan fingerprint density at radius 2 is 1.74 bits per heavy atom. The molecule has 5 nitrogen and oxygen atoms in total. The standard InChI is InChI=1S/C23H33F3N4O/c1-14-11-30(12-15(2)31-14)13-19-10-27-21(28-20(19)23(24,25)26)29-22-4-3-16-5-17(8-22)7-18(6-16)9-22/h10,14-18H,3-9,11-13H2,1-2H3,(H,27,28,29)/t14-,15+,16?,17?,18?,22?. The summed E-state index contributed by atoms with van der Waals surface area (Å²) in [6.45, 7) is 5.29. The van der Waals surface area contributed by atoms with Crippen molar-refractivity contribution in [3.63, 3.8) is 0 Å². The fourth-order valence-electron chi connectivity index (χ4n) is 7.03. The van der Waals surface area contributed by atoms with Gasteiger partial charge in [0.1, 0.15) is 0 Å². The molecule has 1 aliphatic heterocycles. The number of fused-ring (bicyclic) bond motifs is 1. The highest BCUT2D eigenvalue weighted by Crippen LogP contribution is 2.53. The summed E-state index contributed by atoms with van der Waals surface area (Å²) in [6, 6.07) is 0. The molecule has 1 saturated heterocycles. The third kappa shape index (κ3) is 4.56. The molecule has 6 rings (SSSR count). The van der Waals surface area contributed by atoms with Crippen LogP contribution in [0.1, 0.15) is 70.1 Å². The molecule has 0 radical (unpaired) electrons. The maximum Gasteiger partial charge on any atom is 0.433 e. The van der Waals surface area contributed by atoms with E-state index >= 15 is 0 Å². The third-order valence-electron chi connectivity index (χ3n) is 7.79. The van der Waals surface area contributed by atoms with Crippen molar-refractivity contribution in [2.24, 2.45) is 17.8 Å². The predicted octanol–water partition coefficient (Wildman–Crippen LogP) is 4.88. The van der Waals surface area contributed by atoms with E-state index in [0.717, 1.165) is 31.6 Å². The molecule has 31 heavy (non-hydrogen) atoms. The fourth-order valence-corrected chi connectivity index (χ4v) is 7.03. The van der Waals surface area contributed by atoms with Gasteiger partial charge in [-0.3, -0.25) is 4.90 Å². The molecule has 1 aromatic heterocycles. The minimum absolute atomic E-state index is 0.000205. The molecule has 4 saturated carbocycles. The Morgan fingerprint density at radius 3 is 2.39 bits per heavy atom. The topological polar surface area (TPSA) is 50.3 Å². The summed E-state index contributed by atoms with van der Waals surface area (Å²) >= 11 is 0. The molecule has 4 bridgehead atoms. The second-order valence-electron chi connectivity index (χ2n) is 10.7. The number of hydrogen-bond donors (Lipinski definition) is 1. The highest BCUT2D eigenvalue weighted by atomic mass is 19.4. The van der Waals surface area contributed by atoms with Crippen LogP contribution in [0.5, 0.6) is 0 Å². The van der Waals surface area contributed by atoms with Crippen LogP contribution < -0.4 is 5.32 Å². The maximum atomic E-state index is 13.9. The van der Waals surface area contributed by atoms with Crippen LogP contribution in [0.3, 0.4) is 0 Å². The lowest BCUT2D eigenvalue weighted by Crippen LogP contribution is -2.46. The van der Waals surface area contributed by atoms with Crippen molar-refractivity contribution in [2.75, 3.05) is 18.4 Å². The van der Waals surface area contributed by atoms with Crippen molar-refractivity contribution in [3.05, 3.63) is 17.5 Å². The fraction of sp³-hybridized carbons (Fsp3) is 0.826. The third-order valence-corrected chi connectivity index (χ3v) is 7.79. The van der Waals surface area contributed by atoms with Gasteiger partial charge in [0.15, 0.2) is 5.69 Å². The minimum Gasteiger partial charge on any atom is -0.373 e. The van der Waals surface area contributed by atoms with Crippen LogP contribution >= 0.6 is 0 Å². The average molecular weight is 439 g/mol. The number of halogens is 3. The van der Waals surface area contributed by atoms with E-state index in [1.165, 1.54) is 25.5 Å². The molecule has 172 valence electrons. The van der Waals surface area contributed by atoms with E-state index in [-0.39, 0.29) is 35.8 Å². The van der Waals surface area contributed by atoms with Gasteiger partial charge in [-0.15, -0.1) is 0 Å². The Hall–Kier alpha value is -1.41. The number of nitrogens with zero attached hydrogens (tertiary/aromatic N) is 3. The van der Waals surface area contributed by atoms with Crippen LogP contribution in [0.2, 0.25) is 0 Å². The highest BCUT2D eigenvalue weighted by Gasteiger charge is 2.48. The van der Waals surface area contributed by atoms with Crippen LogP contribution in [-0.4, -0.2) is 45.7 Å². The Morgan fingerprint density at radius 1 is 1.10 bits per heavy atom. The summed E-state index contributed by atoms with van der Waals surface area (Å²) in [5, 5.41) is 3.42. The van der Waals surface area contributed by atoms with E-state index in [1.807, 2.05) is 18.7 Å². The van der Waals surface area contributed by atoms with Crippen molar-refractivity contribution in [3.8, 4) is 0 Å². The number of ether oxygens (including phenoxy) is 1. The van der Waals surface area contributed by atoms with E-state index in [1.54, 1.807) is 0 Å². The Bertz CT molecular complexity index is 793. The van der Waals surface area contributed by atoms with E-state index in [0.29, 0.717) is 24.9 Å². The number of nitrogens with one attached hydrogen (secondary N) is 1. The van der Waals surface area contributed by atoms with Gasteiger partial charge in [-0.05, 0) is 76.5 Å². The molecule has 0 spiro atoms.